The molecule has 3 N–H and O–H groups in total. The van der Waals surface area contributed by atoms with Crippen LogP contribution in [0.2, 0.25) is 0 Å². The Morgan fingerprint density at radius 3 is 2.52 bits per heavy atom. The van der Waals surface area contributed by atoms with Gasteiger partial charge in [-0.1, -0.05) is 48.5 Å². The molecular weight excluding hydrogens is 262 g/mol. The molecule has 0 saturated carbocycles. The molecule has 0 unspecified atom stereocenters. The van der Waals surface area contributed by atoms with Crippen LogP contribution >= 0.6 is 0 Å². The number of fused-ring (bicyclic) bond motifs is 1. The lowest BCUT2D eigenvalue weighted by Gasteiger charge is -2.15. The highest BCUT2D eigenvalue weighted by Crippen LogP contribution is 2.32. The fourth-order valence-electron chi connectivity index (χ4n) is 2.59. The molecule has 3 rings (SSSR count). The molecule has 0 amide bonds. The molecule has 106 valence electrons. The number of nitrogen functional groups attached to an aromatic ring is 1. The molecule has 3 nitrogen and oxygen atoms in total. The van der Waals surface area contributed by atoms with E-state index in [9.17, 15) is 5.11 Å². The SMILES string of the molecule is COc1ccc([C@H](O)c2cccc3ccccc23)cc1N. The van der Waals surface area contributed by atoms with Crippen LogP contribution in [-0.2, 0) is 0 Å². The molecule has 0 bridgehead atoms. The lowest BCUT2D eigenvalue weighted by Crippen LogP contribution is -2.02. The van der Waals surface area contributed by atoms with Crippen LogP contribution in [-0.4, -0.2) is 12.2 Å². The van der Waals surface area contributed by atoms with Gasteiger partial charge in [0.25, 0.3) is 0 Å². The summed E-state index contributed by atoms with van der Waals surface area (Å²) in [5.74, 6) is 0.615. The van der Waals surface area contributed by atoms with Gasteiger partial charge in [0.15, 0.2) is 0 Å². The molecule has 0 aliphatic heterocycles. The summed E-state index contributed by atoms with van der Waals surface area (Å²) in [5.41, 5.74) is 8.07. The second kappa shape index (κ2) is 5.46. The van der Waals surface area contributed by atoms with Crippen molar-refractivity contribution in [2.45, 2.75) is 6.10 Å². The zero-order chi connectivity index (χ0) is 14.8. The largest absolute Gasteiger partial charge is 0.495 e. The van der Waals surface area contributed by atoms with Crippen molar-refractivity contribution < 1.29 is 9.84 Å². The van der Waals surface area contributed by atoms with Gasteiger partial charge in [-0.05, 0) is 34.0 Å². The first kappa shape index (κ1) is 13.5. The highest BCUT2D eigenvalue weighted by Gasteiger charge is 2.14. The second-order valence-corrected chi connectivity index (χ2v) is 4.97. The summed E-state index contributed by atoms with van der Waals surface area (Å²) in [4.78, 5) is 0. The molecule has 0 aliphatic rings. The third kappa shape index (κ3) is 2.43. The lowest BCUT2D eigenvalue weighted by atomic mass is 9.95. The van der Waals surface area contributed by atoms with Crippen molar-refractivity contribution in [2.75, 3.05) is 12.8 Å². The molecule has 21 heavy (non-hydrogen) atoms. The topological polar surface area (TPSA) is 55.5 Å². The Balaban J connectivity index is 2.08. The number of nitrogens with two attached hydrogens (primary N) is 1. The van der Waals surface area contributed by atoms with E-state index in [1.54, 1.807) is 19.2 Å². The molecule has 3 heteroatoms. The van der Waals surface area contributed by atoms with Gasteiger partial charge >= 0.3 is 0 Å². The van der Waals surface area contributed by atoms with Gasteiger partial charge in [0.2, 0.25) is 0 Å². The summed E-state index contributed by atoms with van der Waals surface area (Å²) in [5, 5.41) is 12.8. The zero-order valence-corrected chi connectivity index (χ0v) is 11.8. The van der Waals surface area contributed by atoms with Gasteiger partial charge in [-0.25, -0.2) is 0 Å². The second-order valence-electron chi connectivity index (χ2n) is 4.97. The minimum atomic E-state index is -0.718. The van der Waals surface area contributed by atoms with Gasteiger partial charge in [-0.15, -0.1) is 0 Å². The van der Waals surface area contributed by atoms with E-state index >= 15 is 0 Å². The Kier molecular flexibility index (Phi) is 3.50. The van der Waals surface area contributed by atoms with Crippen molar-refractivity contribution in [3.8, 4) is 5.75 Å². The minimum Gasteiger partial charge on any atom is -0.495 e. The number of benzene rings is 3. The van der Waals surface area contributed by atoms with Crippen molar-refractivity contribution in [3.63, 3.8) is 0 Å². The highest BCUT2D eigenvalue weighted by molar-refractivity contribution is 5.86. The maximum atomic E-state index is 10.7. The van der Waals surface area contributed by atoms with Crippen LogP contribution in [0.4, 0.5) is 5.69 Å². The molecule has 0 spiro atoms. The summed E-state index contributed by atoms with van der Waals surface area (Å²) in [6, 6.07) is 19.3. The van der Waals surface area contributed by atoms with E-state index in [-0.39, 0.29) is 0 Å². The molecular formula is C18H17NO2. The predicted octanol–water partition coefficient (Wildman–Crippen LogP) is 3.51. The van der Waals surface area contributed by atoms with Crippen LogP contribution in [0.25, 0.3) is 10.8 Å². The van der Waals surface area contributed by atoms with Crippen LogP contribution in [0.15, 0.2) is 60.7 Å². The summed E-state index contributed by atoms with van der Waals surface area (Å²) in [6.07, 6.45) is -0.718. The van der Waals surface area contributed by atoms with Crippen LogP contribution in [0.5, 0.6) is 5.75 Å². The average molecular weight is 279 g/mol. The number of hydrogen-bond acceptors (Lipinski definition) is 3. The van der Waals surface area contributed by atoms with Crippen molar-refractivity contribution in [1.82, 2.24) is 0 Å². The van der Waals surface area contributed by atoms with Gasteiger partial charge in [0.1, 0.15) is 11.9 Å². The third-order valence-electron chi connectivity index (χ3n) is 3.69. The Hall–Kier alpha value is -2.52. The number of aliphatic hydroxyl groups excluding tert-OH is 1. The summed E-state index contributed by atoms with van der Waals surface area (Å²) in [7, 11) is 1.58. The van der Waals surface area contributed by atoms with Gasteiger partial charge < -0.3 is 15.6 Å². The Morgan fingerprint density at radius 1 is 1.00 bits per heavy atom. The van der Waals surface area contributed by atoms with Crippen LogP contribution in [0.1, 0.15) is 17.2 Å². The summed E-state index contributed by atoms with van der Waals surface area (Å²) >= 11 is 0. The minimum absolute atomic E-state index is 0.522. The fraction of sp³-hybridized carbons (Fsp3) is 0.111. The Morgan fingerprint density at radius 2 is 1.76 bits per heavy atom. The number of aliphatic hydroxyl groups is 1. The Bertz CT molecular complexity index is 778. The van der Waals surface area contributed by atoms with E-state index in [2.05, 4.69) is 0 Å². The average Bonchev–Trinajstić information content (AvgIpc) is 2.53. The quantitative estimate of drug-likeness (QED) is 0.721. The van der Waals surface area contributed by atoms with Crippen LogP contribution in [0.3, 0.4) is 0 Å². The number of methoxy groups -OCH3 is 1. The fourth-order valence-corrected chi connectivity index (χ4v) is 2.59. The number of hydrogen-bond donors (Lipinski definition) is 2. The normalized spacial score (nSPS) is 12.3. The standard InChI is InChI=1S/C18H17NO2/c1-21-17-10-9-13(11-16(17)19)18(20)15-8-4-6-12-5-2-3-7-14(12)15/h2-11,18,20H,19H2,1H3/t18-/m0/s1. The number of ether oxygens (including phenoxy) is 1. The monoisotopic (exact) mass is 279 g/mol. The van der Waals surface area contributed by atoms with E-state index in [1.807, 2.05) is 48.5 Å². The van der Waals surface area contributed by atoms with Gasteiger partial charge in [-0.2, -0.15) is 0 Å². The maximum absolute atomic E-state index is 10.7. The Labute approximate surface area is 123 Å². The van der Waals surface area contributed by atoms with Crippen molar-refractivity contribution in [3.05, 3.63) is 71.8 Å². The van der Waals surface area contributed by atoms with Gasteiger partial charge in [0.05, 0.1) is 12.8 Å². The highest BCUT2D eigenvalue weighted by atomic mass is 16.5. The van der Waals surface area contributed by atoms with Crippen LogP contribution < -0.4 is 10.5 Å². The molecule has 0 aliphatic carbocycles. The van der Waals surface area contributed by atoms with E-state index in [1.165, 1.54) is 0 Å². The lowest BCUT2D eigenvalue weighted by molar-refractivity contribution is 0.222. The first-order valence-electron chi connectivity index (χ1n) is 6.80. The molecule has 0 aromatic heterocycles. The number of anilines is 1. The van der Waals surface area contributed by atoms with E-state index < -0.39 is 6.10 Å². The summed E-state index contributed by atoms with van der Waals surface area (Å²) < 4.78 is 5.15. The maximum Gasteiger partial charge on any atom is 0.141 e. The molecule has 0 radical (unpaired) electrons. The molecule has 3 aromatic rings. The zero-order valence-electron chi connectivity index (χ0n) is 11.8. The van der Waals surface area contributed by atoms with Crippen LogP contribution in [0, 0.1) is 0 Å². The smallest absolute Gasteiger partial charge is 0.141 e. The van der Waals surface area contributed by atoms with E-state index in [4.69, 9.17) is 10.5 Å². The first-order chi connectivity index (χ1) is 10.2. The molecule has 0 fully saturated rings. The van der Waals surface area contributed by atoms with Crippen molar-refractivity contribution >= 4 is 16.5 Å². The van der Waals surface area contributed by atoms with Gasteiger partial charge in [0, 0.05) is 0 Å². The third-order valence-corrected chi connectivity index (χ3v) is 3.69. The molecule has 0 saturated heterocycles. The van der Waals surface area contributed by atoms with Crippen molar-refractivity contribution in [2.24, 2.45) is 0 Å². The van der Waals surface area contributed by atoms with Gasteiger partial charge in [-0.3, -0.25) is 0 Å². The summed E-state index contributed by atoms with van der Waals surface area (Å²) in [6.45, 7) is 0. The molecule has 1 atom stereocenters. The predicted molar refractivity (Wildman–Crippen MR) is 85.4 cm³/mol. The van der Waals surface area contributed by atoms with E-state index in [0.29, 0.717) is 11.4 Å². The number of rotatable bonds is 3. The van der Waals surface area contributed by atoms with Crippen molar-refractivity contribution in [1.29, 1.82) is 0 Å². The molecule has 0 heterocycles. The first-order valence-corrected chi connectivity index (χ1v) is 6.80. The van der Waals surface area contributed by atoms with E-state index in [0.717, 1.165) is 21.9 Å². The molecule has 3 aromatic carbocycles.